The lowest BCUT2D eigenvalue weighted by molar-refractivity contribution is -0.130. The standard InChI is InChI=1S/C23H20N4O2/c1-12(2)20-18-8-7-16(26-18)10-15-4-3-13(24-15)9-14-5-6-17(25-14)11-19-22(28)23(29)21(20)27-19/h3-12,24-27H,1-2H3. The smallest absolute Gasteiger partial charge is 0.251 e. The summed E-state index contributed by atoms with van der Waals surface area (Å²) in [6, 6.07) is 11.8. The van der Waals surface area contributed by atoms with Gasteiger partial charge < -0.3 is 20.3 Å². The molecule has 4 N–H and O–H groups in total. The Morgan fingerprint density at radius 1 is 0.690 bits per heavy atom. The third-order valence-electron chi connectivity index (χ3n) is 5.17. The van der Waals surface area contributed by atoms with Gasteiger partial charge in [-0.2, -0.15) is 0 Å². The fourth-order valence-electron chi connectivity index (χ4n) is 3.85. The van der Waals surface area contributed by atoms with Crippen molar-refractivity contribution in [3.8, 4) is 0 Å². The Morgan fingerprint density at radius 3 is 2.00 bits per heavy atom. The molecule has 1 saturated heterocycles. The van der Waals surface area contributed by atoms with E-state index in [9.17, 15) is 9.59 Å². The van der Waals surface area contributed by atoms with Gasteiger partial charge in [0.05, 0.1) is 11.4 Å². The van der Waals surface area contributed by atoms with E-state index in [-0.39, 0.29) is 11.6 Å². The van der Waals surface area contributed by atoms with Crippen LogP contribution in [0.4, 0.5) is 0 Å². The predicted molar refractivity (Wildman–Crippen MR) is 112 cm³/mol. The topological polar surface area (TPSA) is 93.5 Å². The minimum absolute atomic E-state index is 0.0442. The van der Waals surface area contributed by atoms with Crippen molar-refractivity contribution in [3.05, 3.63) is 81.3 Å². The predicted octanol–water partition coefficient (Wildman–Crippen LogP) is 1.79. The van der Waals surface area contributed by atoms with E-state index in [1.165, 1.54) is 0 Å². The summed E-state index contributed by atoms with van der Waals surface area (Å²) < 4.78 is 0. The molecule has 0 atom stereocenters. The summed E-state index contributed by atoms with van der Waals surface area (Å²) in [5.41, 5.74) is 4.81. The molecule has 0 amide bonds. The van der Waals surface area contributed by atoms with Crippen molar-refractivity contribution in [1.29, 1.82) is 0 Å². The number of allylic oxidation sites excluding steroid dienone is 3. The van der Waals surface area contributed by atoms with Crippen molar-refractivity contribution in [3.63, 3.8) is 0 Å². The molecule has 2 aliphatic rings. The van der Waals surface area contributed by atoms with Crippen molar-refractivity contribution in [2.45, 2.75) is 13.8 Å². The van der Waals surface area contributed by atoms with Gasteiger partial charge in [-0.3, -0.25) is 9.59 Å². The van der Waals surface area contributed by atoms with Gasteiger partial charge in [0.15, 0.2) is 0 Å². The van der Waals surface area contributed by atoms with E-state index in [0.29, 0.717) is 5.70 Å². The number of hydrogen-bond acceptors (Lipinski definition) is 3. The molecule has 2 aliphatic heterocycles. The number of carbonyl (C=O) groups is 2. The monoisotopic (exact) mass is 384 g/mol. The molecule has 6 heteroatoms. The first-order chi connectivity index (χ1) is 14.0. The van der Waals surface area contributed by atoms with E-state index in [1.807, 2.05) is 62.4 Å². The minimum Gasteiger partial charge on any atom is -0.355 e. The maximum atomic E-state index is 12.8. The quantitative estimate of drug-likeness (QED) is 0.482. The van der Waals surface area contributed by atoms with E-state index in [1.54, 1.807) is 6.08 Å². The molecule has 1 fully saturated rings. The first kappa shape index (κ1) is 17.3. The fraction of sp³-hybridized carbons (Fsp3) is 0.130. The number of carbonyl (C=O) groups excluding carboxylic acids is 2. The minimum atomic E-state index is -0.519. The number of rotatable bonds is 1. The van der Waals surface area contributed by atoms with Gasteiger partial charge in [0.2, 0.25) is 0 Å². The SMILES string of the molecule is CC(C)C1=C2NC(=Cc3ccc([nH]3)C=c3ccc([nH]3)=Cc3ccc1[nH]3)C(=O)C2=O. The van der Waals surface area contributed by atoms with Crippen molar-refractivity contribution in [2.75, 3.05) is 0 Å². The normalized spacial score (nSPS) is 15.9. The highest BCUT2D eigenvalue weighted by Gasteiger charge is 2.35. The second kappa shape index (κ2) is 6.38. The molecule has 3 aromatic rings. The van der Waals surface area contributed by atoms with Crippen LogP contribution in [0.15, 0.2) is 47.8 Å². The van der Waals surface area contributed by atoms with Crippen molar-refractivity contribution in [2.24, 2.45) is 5.92 Å². The maximum absolute atomic E-state index is 12.8. The molecule has 144 valence electrons. The molecule has 5 rings (SSSR count). The lowest BCUT2D eigenvalue weighted by atomic mass is 9.96. The van der Waals surface area contributed by atoms with Crippen LogP contribution in [0.1, 0.15) is 36.6 Å². The number of aromatic nitrogens is 3. The first-order valence-corrected chi connectivity index (χ1v) is 9.57. The Morgan fingerprint density at radius 2 is 1.31 bits per heavy atom. The average Bonchev–Trinajstić information content (AvgIpc) is 3.45. The van der Waals surface area contributed by atoms with Crippen LogP contribution in [0.25, 0.3) is 23.8 Å². The molecular formula is C23H20N4O2. The van der Waals surface area contributed by atoms with Gasteiger partial charge in [-0.15, -0.1) is 0 Å². The summed E-state index contributed by atoms with van der Waals surface area (Å²) in [6.07, 6.45) is 5.68. The highest BCUT2D eigenvalue weighted by atomic mass is 16.2. The average molecular weight is 384 g/mol. The number of fused-ring (bicyclic) bond motifs is 8. The summed E-state index contributed by atoms with van der Waals surface area (Å²) in [7, 11) is 0. The summed E-state index contributed by atoms with van der Waals surface area (Å²) in [5, 5.41) is 5.01. The van der Waals surface area contributed by atoms with Crippen LogP contribution in [0.2, 0.25) is 0 Å². The van der Waals surface area contributed by atoms with Crippen LogP contribution in [0.5, 0.6) is 0 Å². The van der Waals surface area contributed by atoms with Gasteiger partial charge >= 0.3 is 0 Å². The molecule has 0 saturated carbocycles. The highest BCUT2D eigenvalue weighted by Crippen LogP contribution is 2.30. The van der Waals surface area contributed by atoms with Crippen molar-refractivity contribution >= 4 is 35.4 Å². The maximum Gasteiger partial charge on any atom is 0.251 e. The molecule has 0 aliphatic carbocycles. The summed E-state index contributed by atoms with van der Waals surface area (Å²) >= 11 is 0. The van der Waals surface area contributed by atoms with Crippen LogP contribution in [-0.2, 0) is 9.59 Å². The van der Waals surface area contributed by atoms with E-state index in [4.69, 9.17) is 0 Å². The van der Waals surface area contributed by atoms with Crippen molar-refractivity contribution < 1.29 is 9.59 Å². The highest BCUT2D eigenvalue weighted by molar-refractivity contribution is 6.53. The molecule has 5 heterocycles. The number of hydrogen-bond donors (Lipinski definition) is 4. The zero-order valence-electron chi connectivity index (χ0n) is 16.1. The van der Waals surface area contributed by atoms with E-state index >= 15 is 0 Å². The molecule has 0 radical (unpaired) electrons. The summed E-state index contributed by atoms with van der Waals surface area (Å²) in [4.78, 5) is 35.4. The molecule has 0 spiro atoms. The van der Waals surface area contributed by atoms with Crippen LogP contribution < -0.4 is 16.0 Å². The Labute approximate surface area is 166 Å². The number of aromatic amines is 3. The Kier molecular flexibility index (Phi) is 3.81. The molecule has 29 heavy (non-hydrogen) atoms. The third kappa shape index (κ3) is 2.99. The van der Waals surface area contributed by atoms with Crippen LogP contribution >= 0.6 is 0 Å². The Hall–Kier alpha value is -3.80. The fourth-order valence-corrected chi connectivity index (χ4v) is 3.85. The molecule has 3 aromatic heterocycles. The van der Waals surface area contributed by atoms with Crippen LogP contribution in [-0.4, -0.2) is 26.5 Å². The van der Waals surface area contributed by atoms with Gasteiger partial charge in [-0.1, -0.05) is 13.8 Å². The van der Waals surface area contributed by atoms with Gasteiger partial charge in [0.25, 0.3) is 11.6 Å². The molecule has 0 aromatic carbocycles. The summed E-state index contributed by atoms with van der Waals surface area (Å²) in [5.74, 6) is -0.978. The number of H-pyrrole nitrogens is 3. The zero-order chi connectivity index (χ0) is 20.1. The van der Waals surface area contributed by atoms with Crippen LogP contribution in [0.3, 0.4) is 0 Å². The third-order valence-corrected chi connectivity index (χ3v) is 5.17. The Balaban J connectivity index is 1.79. The zero-order valence-corrected chi connectivity index (χ0v) is 16.1. The molecule has 6 nitrogen and oxygen atoms in total. The number of nitrogens with one attached hydrogen (secondary N) is 4. The Bertz CT molecular complexity index is 1340. The second-order valence-corrected chi connectivity index (χ2v) is 7.64. The lowest BCUT2D eigenvalue weighted by Gasteiger charge is -2.13. The summed E-state index contributed by atoms with van der Waals surface area (Å²) in [6.45, 7) is 4.02. The van der Waals surface area contributed by atoms with Gasteiger partial charge in [0.1, 0.15) is 0 Å². The molecular weight excluding hydrogens is 364 g/mol. The first-order valence-electron chi connectivity index (χ1n) is 9.57. The van der Waals surface area contributed by atoms with Crippen molar-refractivity contribution in [1.82, 2.24) is 20.3 Å². The lowest BCUT2D eigenvalue weighted by Crippen LogP contribution is -2.13. The van der Waals surface area contributed by atoms with Gasteiger partial charge in [0, 0.05) is 39.0 Å². The number of ketones is 2. The van der Waals surface area contributed by atoms with E-state index < -0.39 is 11.6 Å². The van der Waals surface area contributed by atoms with Gasteiger partial charge in [-0.25, -0.2) is 0 Å². The number of Topliss-reactive ketones (excluding diaryl/α,β-unsaturated/α-hetero) is 2. The van der Waals surface area contributed by atoms with E-state index in [2.05, 4.69) is 20.3 Å². The largest absolute Gasteiger partial charge is 0.355 e. The van der Waals surface area contributed by atoms with E-state index in [0.717, 1.165) is 39.0 Å². The molecule has 0 unspecified atom stereocenters. The molecule has 8 bridgehead atoms. The second-order valence-electron chi connectivity index (χ2n) is 7.64. The van der Waals surface area contributed by atoms with Gasteiger partial charge in [-0.05, 0) is 60.5 Å². The van der Waals surface area contributed by atoms with Crippen LogP contribution in [0, 0.1) is 5.92 Å².